The molecule has 0 bridgehead atoms. The molecule has 0 unspecified atom stereocenters. The minimum Gasteiger partial charge on any atom is -0.492 e. The van der Waals surface area contributed by atoms with Gasteiger partial charge in [-0.2, -0.15) is 0 Å². The zero-order valence-electron chi connectivity index (χ0n) is 13.3. The van der Waals surface area contributed by atoms with E-state index < -0.39 is 0 Å². The van der Waals surface area contributed by atoms with Gasteiger partial charge >= 0.3 is 7.12 Å². The first-order valence-corrected chi connectivity index (χ1v) is 7.69. The molecule has 0 radical (unpaired) electrons. The Hall–Kier alpha value is -1.04. The molecule has 2 heterocycles. The van der Waals surface area contributed by atoms with Gasteiger partial charge in [0.1, 0.15) is 12.4 Å². The molecule has 1 aromatic carbocycles. The van der Waals surface area contributed by atoms with Crippen molar-refractivity contribution in [1.82, 2.24) is 5.32 Å². The molecule has 2 aliphatic heterocycles. The van der Waals surface area contributed by atoms with Crippen LogP contribution in [0.5, 0.6) is 5.75 Å². The number of benzene rings is 1. The van der Waals surface area contributed by atoms with Crippen molar-refractivity contribution in [1.29, 1.82) is 0 Å². The summed E-state index contributed by atoms with van der Waals surface area (Å²) in [6.45, 7) is 10.1. The van der Waals surface area contributed by atoms with Crippen LogP contribution in [0.15, 0.2) is 24.3 Å². The van der Waals surface area contributed by atoms with Crippen LogP contribution in [-0.2, 0) is 9.31 Å². The van der Waals surface area contributed by atoms with E-state index in [9.17, 15) is 0 Å². The Balaban J connectivity index is 1.62. The maximum Gasteiger partial charge on any atom is 0.494 e. The first-order chi connectivity index (χ1) is 9.87. The van der Waals surface area contributed by atoms with Crippen molar-refractivity contribution in [2.75, 3.05) is 13.2 Å². The van der Waals surface area contributed by atoms with Crippen LogP contribution in [0.3, 0.4) is 0 Å². The number of ether oxygens (including phenoxy) is 1. The molecule has 114 valence electrons. The summed E-state index contributed by atoms with van der Waals surface area (Å²) < 4.78 is 17.8. The normalized spacial score (nSPS) is 26.5. The van der Waals surface area contributed by atoms with E-state index in [1.807, 2.05) is 24.3 Å². The van der Waals surface area contributed by atoms with E-state index in [1.54, 1.807) is 0 Å². The summed E-state index contributed by atoms with van der Waals surface area (Å²) in [4.78, 5) is 0. The third kappa shape index (κ3) is 2.96. The molecule has 21 heavy (non-hydrogen) atoms. The van der Waals surface area contributed by atoms with E-state index >= 15 is 0 Å². The van der Waals surface area contributed by atoms with E-state index in [2.05, 4.69) is 33.0 Å². The largest absolute Gasteiger partial charge is 0.494 e. The average molecular weight is 289 g/mol. The van der Waals surface area contributed by atoms with E-state index in [0.717, 1.165) is 24.4 Å². The lowest BCUT2D eigenvalue weighted by Crippen LogP contribution is -2.46. The molecule has 0 aromatic heterocycles. The topological polar surface area (TPSA) is 39.7 Å². The van der Waals surface area contributed by atoms with Gasteiger partial charge in [0.2, 0.25) is 0 Å². The van der Waals surface area contributed by atoms with Gasteiger partial charge in [-0.25, -0.2) is 0 Å². The Morgan fingerprint density at radius 2 is 1.71 bits per heavy atom. The maximum absolute atomic E-state index is 6.04. The highest BCUT2D eigenvalue weighted by molar-refractivity contribution is 6.62. The number of rotatable bonds is 4. The summed E-state index contributed by atoms with van der Waals surface area (Å²) >= 11 is 0. The lowest BCUT2D eigenvalue weighted by atomic mass is 9.79. The van der Waals surface area contributed by atoms with Crippen LogP contribution in [0.2, 0.25) is 0 Å². The highest BCUT2D eigenvalue weighted by Gasteiger charge is 2.51. The Kier molecular flexibility index (Phi) is 3.76. The zero-order valence-corrected chi connectivity index (χ0v) is 13.3. The monoisotopic (exact) mass is 289 g/mol. The van der Waals surface area contributed by atoms with Crippen LogP contribution < -0.4 is 15.5 Å². The van der Waals surface area contributed by atoms with Crippen molar-refractivity contribution in [3.8, 4) is 5.75 Å². The standard InChI is InChI=1S/C16H24BNO3/c1-15(2)16(3,4)21-17(20-15)12-5-7-14(8-6-12)19-11-13-9-10-18-13/h5-8,13,18H,9-11H2,1-4H3/t13-/m0/s1. The van der Waals surface area contributed by atoms with Crippen molar-refractivity contribution >= 4 is 12.6 Å². The highest BCUT2D eigenvalue weighted by Crippen LogP contribution is 2.36. The molecule has 0 aliphatic carbocycles. The first-order valence-electron chi connectivity index (χ1n) is 7.69. The van der Waals surface area contributed by atoms with E-state index in [0.29, 0.717) is 6.04 Å². The molecule has 3 rings (SSSR count). The van der Waals surface area contributed by atoms with Crippen LogP contribution in [0.4, 0.5) is 0 Å². The zero-order chi connectivity index (χ0) is 15.1. The smallest absolute Gasteiger partial charge is 0.492 e. The van der Waals surface area contributed by atoms with Gasteiger partial charge < -0.3 is 19.4 Å². The Morgan fingerprint density at radius 3 is 2.19 bits per heavy atom. The molecule has 1 atom stereocenters. The molecule has 2 saturated heterocycles. The van der Waals surface area contributed by atoms with Crippen LogP contribution >= 0.6 is 0 Å². The Labute approximate surface area is 127 Å². The van der Waals surface area contributed by atoms with Gasteiger partial charge in [-0.3, -0.25) is 0 Å². The molecule has 5 heteroatoms. The summed E-state index contributed by atoms with van der Waals surface area (Å²) in [5.74, 6) is 0.893. The van der Waals surface area contributed by atoms with Crippen LogP contribution in [0, 0.1) is 0 Å². The predicted octanol–water partition coefficient (Wildman–Crippen LogP) is 1.73. The van der Waals surface area contributed by atoms with Crippen molar-refractivity contribution in [2.45, 2.75) is 51.4 Å². The van der Waals surface area contributed by atoms with Crippen LogP contribution in [-0.4, -0.2) is 37.5 Å². The molecule has 0 saturated carbocycles. The van der Waals surface area contributed by atoms with E-state index in [-0.39, 0.29) is 18.3 Å². The van der Waals surface area contributed by atoms with Crippen molar-refractivity contribution in [3.05, 3.63) is 24.3 Å². The Morgan fingerprint density at radius 1 is 1.14 bits per heavy atom. The van der Waals surface area contributed by atoms with Crippen LogP contribution in [0.1, 0.15) is 34.1 Å². The lowest BCUT2D eigenvalue weighted by molar-refractivity contribution is 0.00578. The fourth-order valence-corrected chi connectivity index (χ4v) is 2.39. The molecule has 1 aromatic rings. The average Bonchev–Trinajstić information content (AvgIpc) is 2.57. The van der Waals surface area contributed by atoms with Gasteiger partial charge in [0.15, 0.2) is 0 Å². The lowest BCUT2D eigenvalue weighted by Gasteiger charge is -2.32. The minimum atomic E-state index is -0.308. The first kappa shape index (κ1) is 14.9. The molecule has 0 spiro atoms. The second kappa shape index (κ2) is 5.31. The summed E-state index contributed by atoms with van der Waals surface area (Å²) in [6, 6.07) is 8.52. The highest BCUT2D eigenvalue weighted by atomic mass is 16.7. The van der Waals surface area contributed by atoms with Gasteiger partial charge in [-0.05, 0) is 58.3 Å². The molecule has 2 aliphatic rings. The van der Waals surface area contributed by atoms with Crippen molar-refractivity contribution in [2.24, 2.45) is 0 Å². The third-order valence-electron chi connectivity index (χ3n) is 4.78. The molecule has 0 amide bonds. The SMILES string of the molecule is CC1(C)OB(c2ccc(OC[C@@H]3CCN3)cc2)OC1(C)C. The van der Waals surface area contributed by atoms with Gasteiger partial charge in [0.25, 0.3) is 0 Å². The predicted molar refractivity (Wildman–Crippen MR) is 84.1 cm³/mol. The molecular formula is C16H24BNO3. The summed E-state index contributed by atoms with van der Waals surface area (Å²) in [7, 11) is -0.308. The fraction of sp³-hybridized carbons (Fsp3) is 0.625. The van der Waals surface area contributed by atoms with Gasteiger partial charge in [-0.1, -0.05) is 12.1 Å². The van der Waals surface area contributed by atoms with Crippen molar-refractivity contribution in [3.63, 3.8) is 0 Å². The van der Waals surface area contributed by atoms with Crippen LogP contribution in [0.25, 0.3) is 0 Å². The third-order valence-corrected chi connectivity index (χ3v) is 4.78. The second-order valence-electron chi connectivity index (χ2n) is 6.91. The number of nitrogens with one attached hydrogen (secondary N) is 1. The van der Waals surface area contributed by atoms with E-state index in [1.165, 1.54) is 6.42 Å². The van der Waals surface area contributed by atoms with Gasteiger partial charge in [-0.15, -0.1) is 0 Å². The van der Waals surface area contributed by atoms with E-state index in [4.69, 9.17) is 14.0 Å². The fourth-order valence-electron chi connectivity index (χ4n) is 2.39. The molecule has 1 N–H and O–H groups in total. The number of hydrogen-bond acceptors (Lipinski definition) is 4. The van der Waals surface area contributed by atoms with Gasteiger partial charge in [0.05, 0.1) is 11.2 Å². The quantitative estimate of drug-likeness (QED) is 0.857. The molecule has 4 nitrogen and oxygen atoms in total. The van der Waals surface area contributed by atoms with Crippen molar-refractivity contribution < 1.29 is 14.0 Å². The van der Waals surface area contributed by atoms with Gasteiger partial charge in [0, 0.05) is 6.04 Å². The summed E-state index contributed by atoms with van der Waals surface area (Å²) in [5, 5.41) is 3.32. The second-order valence-corrected chi connectivity index (χ2v) is 6.91. The Bertz CT molecular complexity index is 481. The molecule has 2 fully saturated rings. The summed E-state index contributed by atoms with van der Waals surface area (Å²) in [5.41, 5.74) is 0.425. The minimum absolute atomic E-state index is 0.303. The maximum atomic E-state index is 6.04. The molecular weight excluding hydrogens is 265 g/mol. The number of hydrogen-bond donors (Lipinski definition) is 1. The summed E-state index contributed by atoms with van der Waals surface area (Å²) in [6.07, 6.45) is 1.20.